The zero-order valence-corrected chi connectivity index (χ0v) is 21.3. The molecule has 2 aliphatic heterocycles. The predicted octanol–water partition coefficient (Wildman–Crippen LogP) is 5.17. The molecule has 0 radical (unpaired) electrons. The summed E-state index contributed by atoms with van der Waals surface area (Å²) in [6, 6.07) is 14.5. The number of aryl methyl sites for hydroxylation is 1. The molecule has 200 valence electrons. The van der Waals surface area contributed by atoms with Crippen molar-refractivity contribution in [3.05, 3.63) is 76.9 Å². The summed E-state index contributed by atoms with van der Waals surface area (Å²) < 4.78 is 50.5. The minimum Gasteiger partial charge on any atom is -0.378 e. The van der Waals surface area contributed by atoms with Crippen molar-refractivity contribution in [2.45, 2.75) is 19.5 Å². The number of halogens is 3. The zero-order valence-electron chi connectivity index (χ0n) is 21.3. The summed E-state index contributed by atoms with van der Waals surface area (Å²) in [5, 5.41) is 0. The second-order valence-corrected chi connectivity index (χ2v) is 9.60. The molecule has 0 aliphatic carbocycles. The fourth-order valence-electron chi connectivity index (χ4n) is 4.82. The van der Waals surface area contributed by atoms with Crippen LogP contribution in [0.5, 0.6) is 0 Å². The van der Waals surface area contributed by atoms with Gasteiger partial charge in [-0.25, -0.2) is 4.98 Å². The van der Waals surface area contributed by atoms with E-state index in [2.05, 4.69) is 9.80 Å². The summed E-state index contributed by atoms with van der Waals surface area (Å²) in [5.41, 5.74) is 2.87. The van der Waals surface area contributed by atoms with E-state index < -0.39 is 11.7 Å². The van der Waals surface area contributed by atoms with Crippen LogP contribution in [0.3, 0.4) is 0 Å². The van der Waals surface area contributed by atoms with Crippen molar-refractivity contribution in [2.24, 2.45) is 0 Å². The van der Waals surface area contributed by atoms with E-state index in [1.54, 1.807) is 12.1 Å². The van der Waals surface area contributed by atoms with Gasteiger partial charge in [0.1, 0.15) is 11.6 Å². The van der Waals surface area contributed by atoms with Crippen molar-refractivity contribution in [3.8, 4) is 11.1 Å². The number of anilines is 2. The first kappa shape index (κ1) is 26.2. The number of carbonyl (C=O) groups excluding carboxylic acids is 1. The average molecular weight is 526 g/mol. The third kappa shape index (κ3) is 6.00. The second-order valence-electron chi connectivity index (χ2n) is 9.60. The molecule has 2 saturated heterocycles. The molecular weight excluding hydrogens is 495 g/mol. The SMILES string of the molecule is Cc1ccc(C(=O)Cc2cccc(C(F)(F)F)c2)cc1-c1cc(N2CCOCC2)nc(N2CCOCC2)c1. The predicted molar refractivity (Wildman–Crippen MR) is 140 cm³/mol. The van der Waals surface area contributed by atoms with Gasteiger partial charge in [0.15, 0.2) is 5.78 Å². The maximum absolute atomic E-state index is 13.2. The second kappa shape index (κ2) is 11.1. The van der Waals surface area contributed by atoms with Crippen LogP contribution in [0.25, 0.3) is 11.1 Å². The van der Waals surface area contributed by atoms with Gasteiger partial charge in [0.2, 0.25) is 0 Å². The Morgan fingerprint density at radius 2 is 1.47 bits per heavy atom. The fourth-order valence-corrected chi connectivity index (χ4v) is 4.82. The van der Waals surface area contributed by atoms with E-state index in [9.17, 15) is 18.0 Å². The number of ketones is 1. The Kier molecular flexibility index (Phi) is 7.67. The monoisotopic (exact) mass is 525 g/mol. The Morgan fingerprint density at radius 1 is 0.868 bits per heavy atom. The molecule has 2 aliphatic rings. The highest BCUT2D eigenvalue weighted by atomic mass is 19.4. The largest absolute Gasteiger partial charge is 0.416 e. The van der Waals surface area contributed by atoms with Gasteiger partial charge >= 0.3 is 6.18 Å². The van der Waals surface area contributed by atoms with E-state index >= 15 is 0 Å². The highest BCUT2D eigenvalue weighted by molar-refractivity contribution is 5.99. The summed E-state index contributed by atoms with van der Waals surface area (Å²) >= 11 is 0. The number of rotatable bonds is 6. The number of pyridine rings is 1. The van der Waals surface area contributed by atoms with Gasteiger partial charge in [-0.05, 0) is 53.4 Å². The Morgan fingerprint density at radius 3 is 2.05 bits per heavy atom. The number of benzene rings is 2. The molecule has 0 amide bonds. The zero-order chi connectivity index (χ0) is 26.7. The molecule has 0 atom stereocenters. The smallest absolute Gasteiger partial charge is 0.378 e. The molecular formula is C29H30F3N3O3. The lowest BCUT2D eigenvalue weighted by molar-refractivity contribution is -0.137. The lowest BCUT2D eigenvalue weighted by atomic mass is 9.94. The van der Waals surface area contributed by atoms with Crippen LogP contribution in [0.1, 0.15) is 27.0 Å². The average Bonchev–Trinajstić information content (AvgIpc) is 2.93. The lowest BCUT2D eigenvalue weighted by Gasteiger charge is -2.32. The molecule has 2 aromatic carbocycles. The number of morpholine rings is 2. The summed E-state index contributed by atoms with van der Waals surface area (Å²) in [4.78, 5) is 22.5. The molecule has 0 spiro atoms. The molecule has 3 aromatic rings. The third-order valence-corrected chi connectivity index (χ3v) is 6.96. The van der Waals surface area contributed by atoms with E-state index in [4.69, 9.17) is 14.5 Å². The van der Waals surface area contributed by atoms with Crippen LogP contribution in [0.4, 0.5) is 24.8 Å². The van der Waals surface area contributed by atoms with E-state index in [0.29, 0.717) is 37.6 Å². The van der Waals surface area contributed by atoms with Crippen molar-refractivity contribution in [1.29, 1.82) is 0 Å². The van der Waals surface area contributed by atoms with Crippen molar-refractivity contribution in [1.82, 2.24) is 4.98 Å². The van der Waals surface area contributed by atoms with Crippen LogP contribution in [0, 0.1) is 6.92 Å². The molecule has 0 saturated carbocycles. The van der Waals surface area contributed by atoms with Gasteiger partial charge in [-0.2, -0.15) is 13.2 Å². The van der Waals surface area contributed by atoms with Gasteiger partial charge in [0, 0.05) is 38.2 Å². The number of hydrogen-bond donors (Lipinski definition) is 0. The minimum absolute atomic E-state index is 0.110. The van der Waals surface area contributed by atoms with Crippen molar-refractivity contribution in [3.63, 3.8) is 0 Å². The lowest BCUT2D eigenvalue weighted by Crippen LogP contribution is -2.39. The van der Waals surface area contributed by atoms with Gasteiger partial charge in [-0.3, -0.25) is 4.79 Å². The molecule has 6 nitrogen and oxygen atoms in total. The number of hydrogen-bond acceptors (Lipinski definition) is 6. The van der Waals surface area contributed by atoms with Gasteiger partial charge in [0.25, 0.3) is 0 Å². The number of Topliss-reactive ketones (excluding diaryl/α,β-unsaturated/α-hetero) is 1. The van der Waals surface area contributed by atoms with Crippen LogP contribution < -0.4 is 9.80 Å². The minimum atomic E-state index is -4.45. The van der Waals surface area contributed by atoms with Crippen LogP contribution in [0.2, 0.25) is 0 Å². The first-order chi connectivity index (χ1) is 18.3. The fraction of sp³-hybridized carbons (Fsp3) is 0.379. The molecule has 0 bridgehead atoms. The third-order valence-electron chi connectivity index (χ3n) is 6.96. The maximum atomic E-state index is 13.2. The van der Waals surface area contributed by atoms with E-state index in [1.807, 2.05) is 31.2 Å². The summed E-state index contributed by atoms with van der Waals surface area (Å²) in [6.07, 6.45) is -4.56. The van der Waals surface area contributed by atoms with Crippen LogP contribution in [-0.4, -0.2) is 63.4 Å². The molecule has 2 fully saturated rings. The topological polar surface area (TPSA) is 54.9 Å². The Labute approximate surface area is 220 Å². The number of aromatic nitrogens is 1. The number of carbonyl (C=O) groups is 1. The van der Waals surface area contributed by atoms with E-state index in [-0.39, 0.29) is 12.2 Å². The number of alkyl halides is 3. The Hall–Kier alpha value is -3.43. The summed E-state index contributed by atoms with van der Waals surface area (Å²) in [5.74, 6) is 1.47. The van der Waals surface area contributed by atoms with Crippen molar-refractivity contribution < 1.29 is 27.4 Å². The standard InChI is InChI=1S/C29H30F3N3O3/c1-20-5-6-22(26(36)16-21-3-2-4-24(15-21)29(30,31)32)17-25(20)23-18-27(34-7-11-37-12-8-34)33-28(19-23)35-9-13-38-14-10-35/h2-6,15,17-19H,7-14,16H2,1H3. The molecule has 0 N–H and O–H groups in total. The first-order valence-electron chi connectivity index (χ1n) is 12.8. The molecule has 3 heterocycles. The summed E-state index contributed by atoms with van der Waals surface area (Å²) in [7, 11) is 0. The first-order valence-corrected chi connectivity index (χ1v) is 12.8. The van der Waals surface area contributed by atoms with Gasteiger partial charge < -0.3 is 19.3 Å². The molecule has 9 heteroatoms. The van der Waals surface area contributed by atoms with Gasteiger partial charge in [0.05, 0.1) is 32.0 Å². The number of ether oxygens (including phenoxy) is 2. The van der Waals surface area contributed by atoms with Gasteiger partial charge in [-0.15, -0.1) is 0 Å². The van der Waals surface area contributed by atoms with Crippen molar-refractivity contribution in [2.75, 3.05) is 62.4 Å². The Bertz CT molecular complexity index is 1260. The molecule has 1 aromatic heterocycles. The molecule has 38 heavy (non-hydrogen) atoms. The van der Waals surface area contributed by atoms with Crippen LogP contribution in [-0.2, 0) is 22.1 Å². The van der Waals surface area contributed by atoms with E-state index in [0.717, 1.165) is 66.6 Å². The van der Waals surface area contributed by atoms with Crippen molar-refractivity contribution >= 4 is 17.4 Å². The quantitative estimate of drug-likeness (QED) is 0.414. The van der Waals surface area contributed by atoms with E-state index in [1.165, 1.54) is 6.07 Å². The van der Waals surface area contributed by atoms with Crippen LogP contribution in [0.15, 0.2) is 54.6 Å². The molecule has 5 rings (SSSR count). The molecule has 0 unspecified atom stereocenters. The number of nitrogens with zero attached hydrogens (tertiary/aromatic N) is 3. The normalized spacial score (nSPS) is 16.5. The Balaban J connectivity index is 1.47. The maximum Gasteiger partial charge on any atom is 0.416 e. The van der Waals surface area contributed by atoms with Gasteiger partial charge in [-0.1, -0.05) is 30.3 Å². The summed E-state index contributed by atoms with van der Waals surface area (Å²) in [6.45, 7) is 7.51. The van der Waals surface area contributed by atoms with Crippen LogP contribution >= 0.6 is 0 Å². The highest BCUT2D eigenvalue weighted by Crippen LogP contribution is 2.33. The highest BCUT2D eigenvalue weighted by Gasteiger charge is 2.30.